The molecule has 2 atom stereocenters. The topological polar surface area (TPSA) is 66.4 Å². The number of carboxylic acid groups (broad SMARTS) is 1. The zero-order chi connectivity index (χ0) is 15.8. The first-order valence-electron chi connectivity index (χ1n) is 8.52. The molecule has 0 heterocycles. The molecule has 0 aromatic carbocycles. The van der Waals surface area contributed by atoms with Crippen molar-refractivity contribution in [2.24, 2.45) is 17.8 Å². The van der Waals surface area contributed by atoms with Gasteiger partial charge in [-0.05, 0) is 37.5 Å². The highest BCUT2D eigenvalue weighted by atomic mass is 16.4. The number of nitrogens with one attached hydrogen (secondary N) is 1. The second-order valence-corrected chi connectivity index (χ2v) is 6.57. The van der Waals surface area contributed by atoms with Crippen LogP contribution < -0.4 is 5.32 Å². The highest BCUT2D eigenvalue weighted by Gasteiger charge is 2.31. The molecule has 0 aromatic heterocycles. The maximum atomic E-state index is 12.3. The molecular formula is C17H31NO3. The summed E-state index contributed by atoms with van der Waals surface area (Å²) in [5.74, 6) is -0.245. The molecule has 1 saturated carbocycles. The Hall–Kier alpha value is -1.06. The van der Waals surface area contributed by atoms with E-state index in [2.05, 4.69) is 12.2 Å². The first kappa shape index (κ1) is 18.0. The lowest BCUT2D eigenvalue weighted by Crippen LogP contribution is -2.47. The molecule has 0 radical (unpaired) electrons. The third-order valence-electron chi connectivity index (χ3n) is 4.96. The largest absolute Gasteiger partial charge is 0.480 e. The van der Waals surface area contributed by atoms with Crippen LogP contribution in [0.5, 0.6) is 0 Å². The second kappa shape index (κ2) is 9.06. The highest BCUT2D eigenvalue weighted by molar-refractivity contribution is 5.85. The minimum absolute atomic E-state index is 0.00813. The van der Waals surface area contributed by atoms with Crippen LogP contribution in [0.25, 0.3) is 0 Å². The number of amides is 1. The van der Waals surface area contributed by atoms with Crippen molar-refractivity contribution in [2.45, 2.75) is 78.2 Å². The Kier molecular flexibility index (Phi) is 7.76. The fraction of sp³-hybridized carbons (Fsp3) is 0.882. The predicted octanol–water partition coefficient (Wildman–Crippen LogP) is 3.60. The summed E-state index contributed by atoms with van der Waals surface area (Å²) in [5, 5.41) is 12.0. The van der Waals surface area contributed by atoms with Gasteiger partial charge in [0.1, 0.15) is 6.04 Å². The van der Waals surface area contributed by atoms with E-state index in [9.17, 15) is 14.7 Å². The summed E-state index contributed by atoms with van der Waals surface area (Å²) in [4.78, 5) is 23.6. The predicted molar refractivity (Wildman–Crippen MR) is 84.0 cm³/mol. The first-order chi connectivity index (χ1) is 9.99. The zero-order valence-electron chi connectivity index (χ0n) is 13.7. The molecule has 21 heavy (non-hydrogen) atoms. The van der Waals surface area contributed by atoms with Gasteiger partial charge in [-0.15, -0.1) is 0 Å². The van der Waals surface area contributed by atoms with Crippen LogP contribution >= 0.6 is 0 Å². The van der Waals surface area contributed by atoms with E-state index in [4.69, 9.17) is 0 Å². The van der Waals surface area contributed by atoms with Crippen molar-refractivity contribution >= 4 is 11.9 Å². The smallest absolute Gasteiger partial charge is 0.326 e. The van der Waals surface area contributed by atoms with E-state index in [1.54, 1.807) is 0 Å². The minimum Gasteiger partial charge on any atom is -0.480 e. The SMILES string of the molecule is CCCCC1CCC(C(=O)N[C@H](C(=O)O)C(C)CC)CC1. The Morgan fingerprint density at radius 1 is 1.19 bits per heavy atom. The van der Waals surface area contributed by atoms with Crippen molar-refractivity contribution in [3.05, 3.63) is 0 Å². The number of hydrogen-bond donors (Lipinski definition) is 2. The Balaban J connectivity index is 2.44. The summed E-state index contributed by atoms with van der Waals surface area (Å²) in [7, 11) is 0. The molecule has 4 nitrogen and oxygen atoms in total. The lowest BCUT2D eigenvalue weighted by atomic mass is 9.79. The van der Waals surface area contributed by atoms with E-state index in [-0.39, 0.29) is 17.7 Å². The van der Waals surface area contributed by atoms with Gasteiger partial charge in [-0.1, -0.05) is 46.5 Å². The van der Waals surface area contributed by atoms with Gasteiger partial charge in [-0.3, -0.25) is 4.79 Å². The van der Waals surface area contributed by atoms with Gasteiger partial charge in [-0.25, -0.2) is 4.79 Å². The Labute approximate surface area is 128 Å². The van der Waals surface area contributed by atoms with Gasteiger partial charge >= 0.3 is 5.97 Å². The van der Waals surface area contributed by atoms with Crippen molar-refractivity contribution < 1.29 is 14.7 Å². The minimum atomic E-state index is -0.922. The Morgan fingerprint density at radius 3 is 2.29 bits per heavy atom. The average Bonchev–Trinajstić information content (AvgIpc) is 2.49. The summed E-state index contributed by atoms with van der Waals surface area (Å²) in [6.45, 7) is 6.03. The zero-order valence-corrected chi connectivity index (χ0v) is 13.7. The van der Waals surface area contributed by atoms with Gasteiger partial charge in [0, 0.05) is 5.92 Å². The molecule has 122 valence electrons. The van der Waals surface area contributed by atoms with Crippen LogP contribution in [0.4, 0.5) is 0 Å². The van der Waals surface area contributed by atoms with Gasteiger partial charge in [-0.2, -0.15) is 0 Å². The summed E-state index contributed by atoms with van der Waals surface area (Å²) >= 11 is 0. The summed E-state index contributed by atoms with van der Waals surface area (Å²) in [6, 6.07) is -0.750. The molecule has 1 rings (SSSR count). The van der Waals surface area contributed by atoms with Crippen molar-refractivity contribution in [1.82, 2.24) is 5.32 Å². The molecule has 0 spiro atoms. The monoisotopic (exact) mass is 297 g/mol. The molecular weight excluding hydrogens is 266 g/mol. The van der Waals surface area contributed by atoms with Crippen molar-refractivity contribution in [3.63, 3.8) is 0 Å². The maximum absolute atomic E-state index is 12.3. The van der Waals surface area contributed by atoms with Crippen LogP contribution in [0.15, 0.2) is 0 Å². The lowest BCUT2D eigenvalue weighted by molar-refractivity contribution is -0.144. The average molecular weight is 297 g/mol. The lowest BCUT2D eigenvalue weighted by Gasteiger charge is -2.29. The third kappa shape index (κ3) is 5.68. The van der Waals surface area contributed by atoms with Crippen LogP contribution in [0, 0.1) is 17.8 Å². The van der Waals surface area contributed by atoms with E-state index in [1.165, 1.54) is 19.3 Å². The molecule has 1 amide bonds. The molecule has 0 saturated heterocycles. The van der Waals surface area contributed by atoms with E-state index < -0.39 is 12.0 Å². The van der Waals surface area contributed by atoms with Gasteiger partial charge in [0.2, 0.25) is 5.91 Å². The summed E-state index contributed by atoms with van der Waals surface area (Å²) in [5.41, 5.74) is 0. The van der Waals surface area contributed by atoms with E-state index in [0.717, 1.165) is 38.0 Å². The highest BCUT2D eigenvalue weighted by Crippen LogP contribution is 2.32. The summed E-state index contributed by atoms with van der Waals surface area (Å²) < 4.78 is 0. The van der Waals surface area contributed by atoms with Gasteiger partial charge in [0.05, 0.1) is 0 Å². The molecule has 1 fully saturated rings. The number of aliphatic carboxylic acids is 1. The van der Waals surface area contributed by atoms with Crippen LogP contribution in [-0.4, -0.2) is 23.0 Å². The molecule has 4 heteroatoms. The fourth-order valence-electron chi connectivity index (χ4n) is 3.16. The van der Waals surface area contributed by atoms with E-state index in [1.807, 2.05) is 13.8 Å². The fourth-order valence-corrected chi connectivity index (χ4v) is 3.16. The standard InChI is InChI=1S/C17H31NO3/c1-4-6-7-13-8-10-14(11-9-13)16(19)18-15(17(20)21)12(3)5-2/h12-15H,4-11H2,1-3H3,(H,18,19)(H,20,21)/t12?,13?,14?,15-/m0/s1. The number of carbonyl (C=O) groups excluding carboxylic acids is 1. The van der Waals surface area contributed by atoms with Crippen LogP contribution in [0.3, 0.4) is 0 Å². The number of carbonyl (C=O) groups is 2. The van der Waals surface area contributed by atoms with E-state index >= 15 is 0 Å². The quantitative estimate of drug-likeness (QED) is 0.719. The molecule has 1 aliphatic rings. The summed E-state index contributed by atoms with van der Waals surface area (Å²) in [6.07, 6.45) is 8.57. The molecule has 0 aromatic rings. The molecule has 2 N–H and O–H groups in total. The van der Waals surface area contributed by atoms with Crippen molar-refractivity contribution in [2.75, 3.05) is 0 Å². The number of unbranched alkanes of at least 4 members (excludes halogenated alkanes) is 1. The molecule has 1 aliphatic carbocycles. The van der Waals surface area contributed by atoms with Gasteiger partial charge < -0.3 is 10.4 Å². The maximum Gasteiger partial charge on any atom is 0.326 e. The van der Waals surface area contributed by atoms with Crippen LogP contribution in [0.1, 0.15) is 72.1 Å². The Morgan fingerprint density at radius 2 is 1.81 bits per heavy atom. The van der Waals surface area contributed by atoms with Gasteiger partial charge in [0.15, 0.2) is 0 Å². The normalized spacial score (nSPS) is 25.1. The number of carboxylic acids is 1. The van der Waals surface area contributed by atoms with Crippen molar-refractivity contribution in [3.8, 4) is 0 Å². The molecule has 0 aliphatic heterocycles. The first-order valence-corrected chi connectivity index (χ1v) is 8.52. The molecule has 1 unspecified atom stereocenters. The van der Waals surface area contributed by atoms with Crippen LogP contribution in [0.2, 0.25) is 0 Å². The number of rotatable bonds is 8. The second-order valence-electron chi connectivity index (χ2n) is 6.57. The van der Waals surface area contributed by atoms with Gasteiger partial charge in [0.25, 0.3) is 0 Å². The van der Waals surface area contributed by atoms with Crippen molar-refractivity contribution in [1.29, 1.82) is 0 Å². The molecule has 0 bridgehead atoms. The van der Waals surface area contributed by atoms with Crippen LogP contribution in [-0.2, 0) is 9.59 Å². The Bertz CT molecular complexity index is 335. The number of hydrogen-bond acceptors (Lipinski definition) is 2. The van der Waals surface area contributed by atoms with E-state index in [0.29, 0.717) is 0 Å². The third-order valence-corrected chi connectivity index (χ3v) is 4.96.